The molecule has 1 aliphatic carbocycles. The molecule has 0 heterocycles. The molecule has 0 aromatic heterocycles. The highest BCUT2D eigenvalue weighted by Gasteiger charge is 2.47. The maximum absolute atomic E-state index is 10.9. The Labute approximate surface area is 80.4 Å². The molecule has 1 amide bonds. The fourth-order valence-electron chi connectivity index (χ4n) is 1.39. The second kappa shape index (κ2) is 3.59. The van der Waals surface area contributed by atoms with Gasteiger partial charge in [-0.15, -0.1) is 0 Å². The Morgan fingerprint density at radius 1 is 1.57 bits per heavy atom. The van der Waals surface area contributed by atoms with Gasteiger partial charge >= 0.3 is 0 Å². The van der Waals surface area contributed by atoms with Crippen LogP contribution >= 0.6 is 0 Å². The molecular formula is C8H11N3O3. The summed E-state index contributed by atoms with van der Waals surface area (Å²) in [5.74, 6) is -0.739. The quantitative estimate of drug-likeness (QED) is 0.461. The standard InChI is InChI=1S/C8H11N3O3/c9-6-3-1-2-4-8(6,11(13)14)5-7(10)12/h1-4,6H,5,9H2,(H2,10,12). The first-order valence-electron chi connectivity index (χ1n) is 4.03. The average molecular weight is 197 g/mol. The van der Waals surface area contributed by atoms with Crippen molar-refractivity contribution < 1.29 is 9.72 Å². The van der Waals surface area contributed by atoms with Crippen LogP contribution in [0.5, 0.6) is 0 Å². The zero-order chi connectivity index (χ0) is 10.8. The van der Waals surface area contributed by atoms with Crippen LogP contribution in [0.15, 0.2) is 24.3 Å². The first-order chi connectivity index (χ1) is 6.49. The van der Waals surface area contributed by atoms with Crippen molar-refractivity contribution in [3.05, 3.63) is 34.4 Å². The van der Waals surface area contributed by atoms with Crippen LogP contribution in [0.2, 0.25) is 0 Å². The summed E-state index contributed by atoms with van der Waals surface area (Å²) < 4.78 is 0. The van der Waals surface area contributed by atoms with Gasteiger partial charge in [0.15, 0.2) is 0 Å². The van der Waals surface area contributed by atoms with E-state index in [-0.39, 0.29) is 6.42 Å². The number of carbonyl (C=O) groups excluding carboxylic acids is 1. The molecule has 0 radical (unpaired) electrons. The molecule has 0 saturated heterocycles. The van der Waals surface area contributed by atoms with Crippen molar-refractivity contribution in [2.75, 3.05) is 0 Å². The van der Waals surface area contributed by atoms with Gasteiger partial charge in [0, 0.05) is 4.92 Å². The summed E-state index contributed by atoms with van der Waals surface area (Å²) in [7, 11) is 0. The van der Waals surface area contributed by atoms with Gasteiger partial charge < -0.3 is 11.5 Å². The van der Waals surface area contributed by atoms with E-state index in [4.69, 9.17) is 11.5 Å². The smallest absolute Gasteiger partial charge is 0.267 e. The van der Waals surface area contributed by atoms with Crippen LogP contribution in [0.1, 0.15) is 6.42 Å². The van der Waals surface area contributed by atoms with Gasteiger partial charge in [-0.05, 0) is 6.08 Å². The minimum atomic E-state index is -1.58. The second-order valence-electron chi connectivity index (χ2n) is 3.16. The molecule has 1 rings (SSSR count). The molecule has 76 valence electrons. The number of carbonyl (C=O) groups is 1. The van der Waals surface area contributed by atoms with E-state index in [9.17, 15) is 14.9 Å². The molecule has 2 unspecified atom stereocenters. The number of primary amides is 1. The summed E-state index contributed by atoms with van der Waals surface area (Å²) in [6.45, 7) is 0. The van der Waals surface area contributed by atoms with Crippen LogP contribution in [-0.2, 0) is 4.79 Å². The van der Waals surface area contributed by atoms with Crippen LogP contribution in [0.3, 0.4) is 0 Å². The van der Waals surface area contributed by atoms with Crippen molar-refractivity contribution in [3.8, 4) is 0 Å². The highest BCUT2D eigenvalue weighted by atomic mass is 16.6. The fraction of sp³-hybridized carbons (Fsp3) is 0.375. The van der Waals surface area contributed by atoms with Crippen molar-refractivity contribution in [2.24, 2.45) is 11.5 Å². The molecule has 6 nitrogen and oxygen atoms in total. The minimum absolute atomic E-state index is 0.387. The average Bonchev–Trinajstić information content (AvgIpc) is 2.08. The number of amides is 1. The molecule has 0 aromatic carbocycles. The van der Waals surface area contributed by atoms with Crippen molar-refractivity contribution in [3.63, 3.8) is 0 Å². The topological polar surface area (TPSA) is 112 Å². The lowest BCUT2D eigenvalue weighted by Crippen LogP contribution is -2.54. The minimum Gasteiger partial charge on any atom is -0.369 e. The number of allylic oxidation sites excluding steroid dienone is 2. The van der Waals surface area contributed by atoms with E-state index in [1.54, 1.807) is 6.08 Å². The lowest BCUT2D eigenvalue weighted by Gasteiger charge is -2.26. The summed E-state index contributed by atoms with van der Waals surface area (Å²) in [4.78, 5) is 21.0. The molecule has 0 aliphatic heterocycles. The highest BCUT2D eigenvalue weighted by molar-refractivity contribution is 5.75. The predicted molar refractivity (Wildman–Crippen MR) is 49.8 cm³/mol. The van der Waals surface area contributed by atoms with E-state index >= 15 is 0 Å². The molecule has 2 atom stereocenters. The normalized spacial score (nSPS) is 30.2. The van der Waals surface area contributed by atoms with Crippen molar-refractivity contribution in [1.29, 1.82) is 0 Å². The molecule has 14 heavy (non-hydrogen) atoms. The van der Waals surface area contributed by atoms with Gasteiger partial charge in [-0.3, -0.25) is 14.9 Å². The predicted octanol–water partition coefficient (Wildman–Crippen LogP) is -0.669. The Morgan fingerprint density at radius 3 is 2.64 bits per heavy atom. The molecule has 4 N–H and O–H groups in total. The third-order valence-electron chi connectivity index (χ3n) is 2.19. The van der Waals surface area contributed by atoms with Crippen LogP contribution < -0.4 is 11.5 Å². The molecule has 0 aromatic rings. The summed E-state index contributed by atoms with van der Waals surface area (Å²) >= 11 is 0. The van der Waals surface area contributed by atoms with Crippen LogP contribution in [0, 0.1) is 10.1 Å². The summed E-state index contributed by atoms with van der Waals surface area (Å²) in [5, 5.41) is 10.9. The van der Waals surface area contributed by atoms with Crippen molar-refractivity contribution >= 4 is 5.91 Å². The molecule has 0 bridgehead atoms. The van der Waals surface area contributed by atoms with E-state index < -0.39 is 22.4 Å². The number of nitrogens with zero attached hydrogens (tertiary/aromatic N) is 1. The Kier molecular flexibility index (Phi) is 2.66. The van der Waals surface area contributed by atoms with Gasteiger partial charge in [-0.25, -0.2) is 0 Å². The molecule has 1 aliphatic rings. The molecule has 0 spiro atoms. The summed E-state index contributed by atoms with van der Waals surface area (Å²) in [5.41, 5.74) is 8.94. The lowest BCUT2D eigenvalue weighted by atomic mass is 9.84. The van der Waals surface area contributed by atoms with Gasteiger partial charge in [0.2, 0.25) is 5.91 Å². The first-order valence-corrected chi connectivity index (χ1v) is 4.03. The van der Waals surface area contributed by atoms with E-state index in [1.165, 1.54) is 18.2 Å². The Balaban J connectivity index is 3.04. The molecule has 0 saturated carbocycles. The van der Waals surface area contributed by atoms with Crippen molar-refractivity contribution in [1.82, 2.24) is 0 Å². The Hall–Kier alpha value is -1.69. The highest BCUT2D eigenvalue weighted by Crippen LogP contribution is 2.24. The molecular weight excluding hydrogens is 186 g/mol. The summed E-state index contributed by atoms with van der Waals surface area (Å²) in [6, 6.07) is -0.824. The number of nitro groups is 1. The largest absolute Gasteiger partial charge is 0.369 e. The van der Waals surface area contributed by atoms with Crippen molar-refractivity contribution in [2.45, 2.75) is 18.0 Å². The van der Waals surface area contributed by atoms with Gasteiger partial charge in [-0.1, -0.05) is 18.2 Å². The Morgan fingerprint density at radius 2 is 2.21 bits per heavy atom. The lowest BCUT2D eigenvalue weighted by molar-refractivity contribution is -0.555. The molecule has 0 fully saturated rings. The SMILES string of the molecule is NC(=O)CC1([N+](=O)[O-])C=CC=CC1N. The maximum Gasteiger partial charge on any atom is 0.267 e. The van der Waals surface area contributed by atoms with E-state index in [2.05, 4.69) is 0 Å². The fourth-order valence-corrected chi connectivity index (χ4v) is 1.39. The number of rotatable bonds is 3. The third-order valence-corrected chi connectivity index (χ3v) is 2.19. The zero-order valence-corrected chi connectivity index (χ0v) is 7.42. The monoisotopic (exact) mass is 197 g/mol. The van der Waals surface area contributed by atoms with Gasteiger partial charge in [0.1, 0.15) is 6.42 Å². The number of nitrogens with two attached hydrogens (primary N) is 2. The van der Waals surface area contributed by atoms with E-state index in [0.717, 1.165) is 0 Å². The second-order valence-corrected chi connectivity index (χ2v) is 3.16. The number of hydrogen-bond acceptors (Lipinski definition) is 4. The Bertz CT molecular complexity index is 324. The van der Waals surface area contributed by atoms with E-state index in [1.807, 2.05) is 0 Å². The van der Waals surface area contributed by atoms with E-state index in [0.29, 0.717) is 0 Å². The number of hydrogen-bond donors (Lipinski definition) is 2. The maximum atomic E-state index is 10.9. The molecule has 6 heteroatoms. The zero-order valence-electron chi connectivity index (χ0n) is 7.42. The third kappa shape index (κ3) is 1.64. The van der Waals surface area contributed by atoms with Gasteiger partial charge in [0.25, 0.3) is 5.54 Å². The van der Waals surface area contributed by atoms with Gasteiger partial charge in [-0.2, -0.15) is 0 Å². The summed E-state index contributed by atoms with van der Waals surface area (Å²) in [6.07, 6.45) is 5.50. The van der Waals surface area contributed by atoms with Crippen LogP contribution in [-0.4, -0.2) is 22.4 Å². The van der Waals surface area contributed by atoms with Crippen LogP contribution in [0.4, 0.5) is 0 Å². The van der Waals surface area contributed by atoms with Crippen LogP contribution in [0.25, 0.3) is 0 Å². The first kappa shape index (κ1) is 10.4. The van der Waals surface area contributed by atoms with Gasteiger partial charge in [0.05, 0.1) is 6.04 Å².